The highest BCUT2D eigenvalue weighted by Crippen LogP contribution is 2.32. The molecule has 1 aliphatic heterocycles. The van der Waals surface area contributed by atoms with Crippen molar-refractivity contribution in [3.05, 3.63) is 35.4 Å². The average molecular weight is 407 g/mol. The van der Waals surface area contributed by atoms with Gasteiger partial charge in [-0.3, -0.25) is 4.79 Å². The first kappa shape index (κ1) is 23.8. The van der Waals surface area contributed by atoms with Gasteiger partial charge in [-0.2, -0.15) is 0 Å². The van der Waals surface area contributed by atoms with Crippen molar-refractivity contribution in [1.82, 2.24) is 0 Å². The molecule has 0 aromatic heterocycles. The van der Waals surface area contributed by atoms with E-state index in [9.17, 15) is 9.90 Å². The van der Waals surface area contributed by atoms with Gasteiger partial charge in [0.15, 0.2) is 6.29 Å². The van der Waals surface area contributed by atoms with E-state index >= 15 is 0 Å². The second-order valence-electron chi connectivity index (χ2n) is 9.01. The predicted octanol–water partition coefficient (Wildman–Crippen LogP) is 4.81. The number of rotatable bonds is 11. The largest absolute Gasteiger partial charge is 0.469 e. The summed E-state index contributed by atoms with van der Waals surface area (Å²) in [5.74, 6) is -0.369. The molecule has 1 aliphatic rings. The average Bonchev–Trinajstić information content (AvgIpc) is 2.73. The van der Waals surface area contributed by atoms with E-state index in [0.717, 1.165) is 56.3 Å². The summed E-state index contributed by atoms with van der Waals surface area (Å²) in [4.78, 5) is 11.8. The topological polar surface area (TPSA) is 65.0 Å². The first-order valence-corrected chi connectivity index (χ1v) is 10.9. The van der Waals surface area contributed by atoms with Gasteiger partial charge in [0.1, 0.15) is 0 Å². The Hall–Kier alpha value is -1.43. The fourth-order valence-electron chi connectivity index (χ4n) is 3.72. The Bertz CT molecular complexity index is 621. The fraction of sp³-hybridized carbons (Fsp3) is 0.708. The summed E-state index contributed by atoms with van der Waals surface area (Å²) in [7, 11) is 1.43. The van der Waals surface area contributed by atoms with Crippen molar-refractivity contribution in [2.75, 3.05) is 20.3 Å². The second kappa shape index (κ2) is 11.7. The van der Waals surface area contributed by atoms with Crippen molar-refractivity contribution in [1.29, 1.82) is 0 Å². The third-order valence-corrected chi connectivity index (χ3v) is 5.67. The van der Waals surface area contributed by atoms with E-state index in [-0.39, 0.29) is 36.3 Å². The predicted molar refractivity (Wildman–Crippen MR) is 113 cm³/mol. The zero-order valence-electron chi connectivity index (χ0n) is 18.5. The molecule has 0 spiro atoms. The van der Waals surface area contributed by atoms with Gasteiger partial charge in [0.05, 0.1) is 19.1 Å². The number of hydrogen-bond donors (Lipinski definition) is 1. The van der Waals surface area contributed by atoms with E-state index in [0.29, 0.717) is 6.42 Å². The van der Waals surface area contributed by atoms with Gasteiger partial charge in [-0.25, -0.2) is 0 Å². The molecule has 1 fully saturated rings. The molecule has 0 radical (unpaired) electrons. The number of aliphatic hydroxyl groups is 1. The Morgan fingerprint density at radius 1 is 1.34 bits per heavy atom. The number of aliphatic hydroxyl groups excluding tert-OH is 1. The van der Waals surface area contributed by atoms with Gasteiger partial charge in [-0.05, 0) is 61.5 Å². The molecule has 1 N–H and O–H groups in total. The van der Waals surface area contributed by atoms with Crippen LogP contribution in [0.1, 0.15) is 76.5 Å². The lowest BCUT2D eigenvalue weighted by molar-refractivity contribution is -0.191. The minimum Gasteiger partial charge on any atom is -0.469 e. The SMILES string of the molecule is COC(=O)[C@H](C)Cc1cccc(C(CCCC(C)(C)CO)OC2CCCCO2)c1. The molecule has 1 heterocycles. The van der Waals surface area contributed by atoms with E-state index in [4.69, 9.17) is 14.2 Å². The second-order valence-corrected chi connectivity index (χ2v) is 9.01. The maximum atomic E-state index is 11.8. The standard InChI is InChI=1S/C24H38O5/c1-18(23(26)27-4)15-19-9-7-10-20(16-19)21(11-8-13-24(2,3)17-25)29-22-12-5-6-14-28-22/h7,9-10,16,18,21-22,25H,5-6,8,11-15,17H2,1-4H3/t18-,21?,22?/m1/s1. The molecule has 0 aliphatic carbocycles. The van der Waals surface area contributed by atoms with Gasteiger partial charge in [-0.15, -0.1) is 0 Å². The maximum absolute atomic E-state index is 11.8. The quantitative estimate of drug-likeness (QED) is 0.534. The molecule has 0 amide bonds. The van der Waals surface area contributed by atoms with Gasteiger partial charge in [0.2, 0.25) is 0 Å². The molecule has 29 heavy (non-hydrogen) atoms. The van der Waals surface area contributed by atoms with Crippen molar-refractivity contribution in [3.63, 3.8) is 0 Å². The highest BCUT2D eigenvalue weighted by atomic mass is 16.7. The summed E-state index contributed by atoms with van der Waals surface area (Å²) in [5.41, 5.74) is 2.15. The van der Waals surface area contributed by atoms with Crippen LogP contribution in [0.5, 0.6) is 0 Å². The van der Waals surface area contributed by atoms with Gasteiger partial charge in [-0.1, -0.05) is 45.0 Å². The lowest BCUT2D eigenvalue weighted by Crippen LogP contribution is -2.25. The number of esters is 1. The van der Waals surface area contributed by atoms with Crippen LogP contribution >= 0.6 is 0 Å². The molecule has 0 saturated carbocycles. The first-order valence-electron chi connectivity index (χ1n) is 10.9. The third kappa shape index (κ3) is 8.07. The van der Waals surface area contributed by atoms with Crippen LogP contribution in [0.25, 0.3) is 0 Å². The van der Waals surface area contributed by atoms with Gasteiger partial charge in [0.25, 0.3) is 0 Å². The van der Waals surface area contributed by atoms with Crippen LogP contribution in [0.2, 0.25) is 0 Å². The smallest absolute Gasteiger partial charge is 0.308 e. The highest BCUT2D eigenvalue weighted by Gasteiger charge is 2.23. The van der Waals surface area contributed by atoms with Crippen molar-refractivity contribution in [2.24, 2.45) is 11.3 Å². The summed E-state index contributed by atoms with van der Waals surface area (Å²) in [6.45, 7) is 7.00. The minimum absolute atomic E-state index is 0.0547. The highest BCUT2D eigenvalue weighted by molar-refractivity contribution is 5.72. The van der Waals surface area contributed by atoms with E-state index in [2.05, 4.69) is 26.0 Å². The summed E-state index contributed by atoms with van der Waals surface area (Å²) in [5, 5.41) is 9.53. The Kier molecular flexibility index (Phi) is 9.60. The van der Waals surface area contributed by atoms with E-state index < -0.39 is 0 Å². The number of methoxy groups -OCH3 is 1. The fourth-order valence-corrected chi connectivity index (χ4v) is 3.72. The normalized spacial score (nSPS) is 19.6. The van der Waals surface area contributed by atoms with Gasteiger partial charge in [0, 0.05) is 13.2 Å². The van der Waals surface area contributed by atoms with Crippen molar-refractivity contribution in [3.8, 4) is 0 Å². The molecular weight excluding hydrogens is 368 g/mol. The van der Waals surface area contributed by atoms with Crippen LogP contribution in [-0.2, 0) is 25.4 Å². The Morgan fingerprint density at radius 3 is 2.79 bits per heavy atom. The summed E-state index contributed by atoms with van der Waals surface area (Å²) in [6, 6.07) is 8.32. The van der Waals surface area contributed by atoms with Crippen molar-refractivity contribution < 1.29 is 24.1 Å². The molecule has 1 aromatic rings. The molecule has 5 nitrogen and oxygen atoms in total. The van der Waals surface area contributed by atoms with Crippen LogP contribution in [0.3, 0.4) is 0 Å². The molecule has 3 atom stereocenters. The summed E-state index contributed by atoms with van der Waals surface area (Å²) >= 11 is 0. The maximum Gasteiger partial charge on any atom is 0.308 e. The third-order valence-electron chi connectivity index (χ3n) is 5.67. The summed E-state index contributed by atoms with van der Waals surface area (Å²) in [6.07, 6.45) is 6.36. The Morgan fingerprint density at radius 2 is 2.14 bits per heavy atom. The van der Waals surface area contributed by atoms with Crippen LogP contribution in [0.4, 0.5) is 0 Å². The van der Waals surface area contributed by atoms with E-state index in [1.165, 1.54) is 7.11 Å². The number of carbonyl (C=O) groups is 1. The van der Waals surface area contributed by atoms with E-state index in [1.54, 1.807) is 0 Å². The number of benzene rings is 1. The van der Waals surface area contributed by atoms with Crippen molar-refractivity contribution in [2.45, 2.75) is 78.1 Å². The van der Waals surface area contributed by atoms with Crippen LogP contribution in [0.15, 0.2) is 24.3 Å². The minimum atomic E-state index is -0.190. The molecule has 1 saturated heterocycles. The van der Waals surface area contributed by atoms with Crippen molar-refractivity contribution >= 4 is 5.97 Å². The van der Waals surface area contributed by atoms with Crippen LogP contribution in [0, 0.1) is 11.3 Å². The lowest BCUT2D eigenvalue weighted by Gasteiger charge is -2.29. The first-order chi connectivity index (χ1) is 13.8. The number of ether oxygens (including phenoxy) is 3. The van der Waals surface area contributed by atoms with Crippen LogP contribution in [-0.4, -0.2) is 37.7 Å². The van der Waals surface area contributed by atoms with Gasteiger partial charge < -0.3 is 19.3 Å². The number of hydrogen-bond acceptors (Lipinski definition) is 5. The Labute approximate surface area is 175 Å². The molecule has 164 valence electrons. The zero-order chi connectivity index (χ0) is 21.3. The summed E-state index contributed by atoms with van der Waals surface area (Å²) < 4.78 is 17.1. The molecule has 2 unspecified atom stereocenters. The monoisotopic (exact) mass is 406 g/mol. The lowest BCUT2D eigenvalue weighted by atomic mass is 9.87. The zero-order valence-corrected chi connectivity index (χ0v) is 18.5. The molecule has 0 bridgehead atoms. The molecular formula is C24H38O5. The molecule has 5 heteroatoms. The molecule has 1 aromatic carbocycles. The number of carbonyl (C=O) groups excluding carboxylic acids is 1. The molecule has 2 rings (SSSR count). The Balaban J connectivity index is 2.09. The van der Waals surface area contributed by atoms with E-state index in [1.807, 2.05) is 19.1 Å². The van der Waals surface area contributed by atoms with Crippen LogP contribution < -0.4 is 0 Å². The van der Waals surface area contributed by atoms with Gasteiger partial charge >= 0.3 is 5.97 Å².